The van der Waals surface area contributed by atoms with Crippen LogP contribution in [-0.4, -0.2) is 38.1 Å². The fraction of sp³-hybridized carbons (Fsp3) is 0.923. The van der Waals surface area contributed by atoms with E-state index in [4.69, 9.17) is 0 Å². The van der Waals surface area contributed by atoms with E-state index in [0.717, 1.165) is 24.8 Å². The van der Waals surface area contributed by atoms with Gasteiger partial charge in [-0.1, -0.05) is 27.2 Å². The molecule has 0 aromatic heterocycles. The van der Waals surface area contributed by atoms with Gasteiger partial charge in [0.1, 0.15) is 0 Å². The Morgan fingerprint density at radius 2 is 1.72 bits per heavy atom. The zero-order chi connectivity index (χ0) is 13.1. The quantitative estimate of drug-likeness (QED) is 0.305. The number of unbranched alkanes of at least 4 members (excludes halogenated alkanes) is 1. The zero-order valence-electron chi connectivity index (χ0n) is 12.5. The molecule has 0 aromatic carbocycles. The minimum atomic E-state index is 0. The van der Waals surface area contributed by atoms with E-state index < -0.39 is 0 Å². The third-order valence-electron chi connectivity index (χ3n) is 2.47. The lowest BCUT2D eigenvalue weighted by Crippen LogP contribution is -2.38. The van der Waals surface area contributed by atoms with Crippen LogP contribution >= 0.6 is 35.7 Å². The van der Waals surface area contributed by atoms with Crippen LogP contribution in [0.5, 0.6) is 0 Å². The second-order valence-corrected chi connectivity index (χ2v) is 6.42. The molecule has 3 nitrogen and oxygen atoms in total. The largest absolute Gasteiger partial charge is 0.356 e. The minimum absolute atomic E-state index is 0. The van der Waals surface area contributed by atoms with Crippen molar-refractivity contribution in [3.63, 3.8) is 0 Å². The number of nitrogens with zero attached hydrogens (tertiary/aromatic N) is 1. The fourth-order valence-corrected chi connectivity index (χ4v) is 1.79. The maximum Gasteiger partial charge on any atom is 0.191 e. The average molecular weight is 387 g/mol. The van der Waals surface area contributed by atoms with Crippen LogP contribution in [0.3, 0.4) is 0 Å². The van der Waals surface area contributed by atoms with Crippen molar-refractivity contribution >= 4 is 41.7 Å². The molecule has 0 saturated carbocycles. The summed E-state index contributed by atoms with van der Waals surface area (Å²) in [6, 6.07) is 0. The SMILES string of the molecule is CN=C(NCCCCC(C)(C)C)NCCSC.I. The molecule has 5 heteroatoms. The van der Waals surface area contributed by atoms with Gasteiger partial charge in [0.05, 0.1) is 0 Å². The van der Waals surface area contributed by atoms with Crippen LogP contribution in [0.2, 0.25) is 0 Å². The molecule has 0 radical (unpaired) electrons. The molecule has 0 rings (SSSR count). The van der Waals surface area contributed by atoms with E-state index in [1.807, 2.05) is 18.8 Å². The van der Waals surface area contributed by atoms with Crippen LogP contribution in [0, 0.1) is 5.41 Å². The second kappa shape index (κ2) is 12.4. The van der Waals surface area contributed by atoms with E-state index in [9.17, 15) is 0 Å². The Balaban J connectivity index is 0. The molecule has 18 heavy (non-hydrogen) atoms. The van der Waals surface area contributed by atoms with E-state index in [1.165, 1.54) is 19.3 Å². The molecule has 0 amide bonds. The number of guanidine groups is 1. The number of hydrogen-bond donors (Lipinski definition) is 2. The Hall–Kier alpha value is 0.350. The first-order valence-corrected chi connectivity index (χ1v) is 7.82. The van der Waals surface area contributed by atoms with Gasteiger partial charge in [-0.05, 0) is 24.5 Å². The Bertz CT molecular complexity index is 215. The van der Waals surface area contributed by atoms with E-state index in [2.05, 4.69) is 42.7 Å². The predicted molar refractivity (Wildman–Crippen MR) is 96.5 cm³/mol. The standard InChI is InChI=1S/C13H29N3S.HI/c1-13(2,3)8-6-7-9-15-12(14-4)16-10-11-17-5;/h6-11H2,1-5H3,(H2,14,15,16);1H. The van der Waals surface area contributed by atoms with Crippen molar-refractivity contribution in [3.8, 4) is 0 Å². The van der Waals surface area contributed by atoms with Gasteiger partial charge in [0, 0.05) is 25.9 Å². The molecule has 0 fully saturated rings. The van der Waals surface area contributed by atoms with E-state index in [-0.39, 0.29) is 24.0 Å². The fourth-order valence-electron chi connectivity index (χ4n) is 1.48. The molecule has 0 heterocycles. The van der Waals surface area contributed by atoms with Crippen molar-refractivity contribution < 1.29 is 0 Å². The first kappa shape index (κ1) is 20.7. The third kappa shape index (κ3) is 14.4. The summed E-state index contributed by atoms with van der Waals surface area (Å²) in [7, 11) is 1.82. The summed E-state index contributed by atoms with van der Waals surface area (Å²) < 4.78 is 0. The van der Waals surface area contributed by atoms with Crippen LogP contribution in [0.1, 0.15) is 40.0 Å². The van der Waals surface area contributed by atoms with E-state index in [0.29, 0.717) is 5.41 Å². The van der Waals surface area contributed by atoms with E-state index >= 15 is 0 Å². The highest BCUT2D eigenvalue weighted by molar-refractivity contribution is 14.0. The van der Waals surface area contributed by atoms with Crippen molar-refractivity contribution in [1.82, 2.24) is 10.6 Å². The highest BCUT2D eigenvalue weighted by atomic mass is 127. The van der Waals surface area contributed by atoms with Crippen molar-refractivity contribution in [2.24, 2.45) is 10.4 Å². The van der Waals surface area contributed by atoms with Gasteiger partial charge in [-0.25, -0.2) is 0 Å². The summed E-state index contributed by atoms with van der Waals surface area (Å²) in [5.74, 6) is 2.04. The van der Waals surface area contributed by atoms with Gasteiger partial charge in [-0.3, -0.25) is 4.99 Å². The molecule has 0 spiro atoms. The van der Waals surface area contributed by atoms with E-state index in [1.54, 1.807) is 0 Å². The number of aliphatic imine (C=N–C) groups is 1. The Morgan fingerprint density at radius 1 is 1.11 bits per heavy atom. The molecule has 0 bridgehead atoms. The smallest absolute Gasteiger partial charge is 0.191 e. The molecule has 0 atom stereocenters. The number of halogens is 1. The number of rotatable bonds is 7. The molecule has 0 unspecified atom stereocenters. The summed E-state index contributed by atoms with van der Waals surface area (Å²) >= 11 is 1.84. The molecule has 0 aliphatic heterocycles. The van der Waals surface area contributed by atoms with Crippen LogP contribution in [0.25, 0.3) is 0 Å². The van der Waals surface area contributed by atoms with Crippen LogP contribution in [0.15, 0.2) is 4.99 Å². The van der Waals surface area contributed by atoms with Gasteiger partial charge in [-0.15, -0.1) is 24.0 Å². The maximum atomic E-state index is 4.19. The summed E-state index contributed by atoms with van der Waals surface area (Å²) in [4.78, 5) is 4.19. The lowest BCUT2D eigenvalue weighted by Gasteiger charge is -2.18. The summed E-state index contributed by atoms with van der Waals surface area (Å²) in [5, 5.41) is 6.64. The highest BCUT2D eigenvalue weighted by Gasteiger charge is 2.08. The molecular weight excluding hydrogens is 357 g/mol. The Labute approximate surface area is 134 Å². The first-order chi connectivity index (χ1) is 7.99. The minimum Gasteiger partial charge on any atom is -0.356 e. The normalized spacial score (nSPS) is 11.9. The third-order valence-corrected chi connectivity index (χ3v) is 3.08. The van der Waals surface area contributed by atoms with Crippen molar-refractivity contribution in [3.05, 3.63) is 0 Å². The van der Waals surface area contributed by atoms with Crippen molar-refractivity contribution in [1.29, 1.82) is 0 Å². The zero-order valence-corrected chi connectivity index (χ0v) is 15.7. The van der Waals surface area contributed by atoms with Crippen molar-refractivity contribution in [2.45, 2.75) is 40.0 Å². The molecule has 110 valence electrons. The number of thioether (sulfide) groups is 1. The predicted octanol–water partition coefficient (Wildman–Crippen LogP) is 3.35. The number of hydrogen-bond acceptors (Lipinski definition) is 2. The van der Waals surface area contributed by atoms with Gasteiger partial charge in [0.25, 0.3) is 0 Å². The monoisotopic (exact) mass is 387 g/mol. The average Bonchev–Trinajstić information content (AvgIpc) is 2.25. The van der Waals surface area contributed by atoms with Gasteiger partial charge >= 0.3 is 0 Å². The lowest BCUT2D eigenvalue weighted by atomic mass is 9.90. The summed E-state index contributed by atoms with van der Waals surface area (Å²) in [6.45, 7) is 8.87. The summed E-state index contributed by atoms with van der Waals surface area (Å²) in [6.07, 6.45) is 5.89. The molecular formula is C13H30IN3S. The van der Waals surface area contributed by atoms with Gasteiger partial charge < -0.3 is 10.6 Å². The topological polar surface area (TPSA) is 36.4 Å². The van der Waals surface area contributed by atoms with Crippen LogP contribution in [-0.2, 0) is 0 Å². The van der Waals surface area contributed by atoms with Crippen LogP contribution in [0.4, 0.5) is 0 Å². The van der Waals surface area contributed by atoms with Gasteiger partial charge in [0.2, 0.25) is 0 Å². The highest BCUT2D eigenvalue weighted by Crippen LogP contribution is 2.20. The molecule has 0 aromatic rings. The molecule has 0 aliphatic rings. The molecule has 2 N–H and O–H groups in total. The maximum absolute atomic E-state index is 4.19. The lowest BCUT2D eigenvalue weighted by molar-refractivity contribution is 0.360. The molecule has 0 aliphatic carbocycles. The molecule has 0 saturated heterocycles. The van der Waals surface area contributed by atoms with Gasteiger partial charge in [-0.2, -0.15) is 11.8 Å². The number of nitrogens with one attached hydrogen (secondary N) is 2. The van der Waals surface area contributed by atoms with Crippen molar-refractivity contribution in [2.75, 3.05) is 32.1 Å². The Kier molecular flexibility index (Phi) is 14.2. The van der Waals surface area contributed by atoms with Crippen LogP contribution < -0.4 is 10.6 Å². The van der Waals surface area contributed by atoms with Gasteiger partial charge in [0.15, 0.2) is 5.96 Å². The summed E-state index contributed by atoms with van der Waals surface area (Å²) in [5.41, 5.74) is 0.457. The first-order valence-electron chi connectivity index (χ1n) is 6.43. The Morgan fingerprint density at radius 3 is 2.22 bits per heavy atom. The second-order valence-electron chi connectivity index (χ2n) is 5.44.